The number of aliphatic hydroxyl groups excluding tert-OH is 12. The monoisotopic (exact) mass is 1260 g/mol. The van der Waals surface area contributed by atoms with Crippen LogP contribution in [0.1, 0.15) is 86.5 Å². The Hall–Kier alpha value is -7.81. The minimum atomic E-state index is -2.00. The molecule has 6 aromatic rings. The molecule has 0 amide bonds. The van der Waals surface area contributed by atoms with E-state index in [2.05, 4.69) is 0 Å². The van der Waals surface area contributed by atoms with Gasteiger partial charge in [0.2, 0.25) is 18.9 Å². The van der Waals surface area contributed by atoms with E-state index in [1.807, 2.05) is 0 Å². The average molecular weight is 1260 g/mol. The summed E-state index contributed by atoms with van der Waals surface area (Å²) in [6, 6.07) is 23.0. The number of fused-ring (bicyclic) bond motifs is 1. The van der Waals surface area contributed by atoms with Crippen LogP contribution in [0.2, 0.25) is 0 Å². The molecule has 484 valence electrons. The van der Waals surface area contributed by atoms with Crippen molar-refractivity contribution in [2.45, 2.75) is 142 Å². The van der Waals surface area contributed by atoms with Gasteiger partial charge in [0.05, 0.1) is 26.2 Å². The van der Waals surface area contributed by atoms with E-state index in [-0.39, 0.29) is 70.9 Å². The minimum Gasteiger partial charge on any atom is -0.508 e. The summed E-state index contributed by atoms with van der Waals surface area (Å²) in [6.45, 7) is -2.52. The van der Waals surface area contributed by atoms with Gasteiger partial charge in [0.15, 0.2) is 17.3 Å². The summed E-state index contributed by atoms with van der Waals surface area (Å²) in [5.41, 5.74) is 0.0671. The fourth-order valence-corrected chi connectivity index (χ4v) is 11.8. The highest BCUT2D eigenvalue weighted by molar-refractivity contribution is 6.04. The predicted octanol–water partition coefficient (Wildman–Crippen LogP) is 0.398. The number of Topliss-reactive ketones (excluding diaryl/α,β-unsaturated/α-hetero) is 1. The molecular weight excluding hydrogens is 1190 g/mol. The lowest BCUT2D eigenvalue weighted by Gasteiger charge is -2.40. The quantitative estimate of drug-likeness (QED) is 0.0492. The Labute approximate surface area is 512 Å². The molecule has 0 spiro atoms. The van der Waals surface area contributed by atoms with Crippen LogP contribution in [-0.2, 0) is 27.1 Å². The topological polar surface area (TPSA) is 466 Å². The lowest BCUT2D eigenvalue weighted by molar-refractivity contribution is -0.277. The second kappa shape index (κ2) is 27.3. The van der Waals surface area contributed by atoms with Gasteiger partial charge in [0.25, 0.3) is 0 Å². The molecule has 19 N–H and O–H groups in total. The highest BCUT2D eigenvalue weighted by Gasteiger charge is 2.49. The number of aromatic hydroxyl groups is 7. The fourth-order valence-electron chi connectivity index (χ4n) is 11.8. The number of ketones is 1. The van der Waals surface area contributed by atoms with Gasteiger partial charge < -0.3 is 130 Å². The van der Waals surface area contributed by atoms with Crippen LogP contribution in [0.4, 0.5) is 0 Å². The number of ether oxygens (including phenoxy) is 7. The van der Waals surface area contributed by atoms with Crippen LogP contribution >= 0.6 is 0 Å². The van der Waals surface area contributed by atoms with Crippen molar-refractivity contribution in [3.8, 4) is 63.2 Å². The van der Waals surface area contributed by atoms with Crippen molar-refractivity contribution in [2.75, 3.05) is 19.8 Å². The molecule has 4 heterocycles. The van der Waals surface area contributed by atoms with Gasteiger partial charge in [-0.15, -0.1) is 0 Å². The van der Waals surface area contributed by atoms with Gasteiger partial charge in [-0.05, 0) is 90.9 Å². The predicted molar refractivity (Wildman–Crippen MR) is 306 cm³/mol. The van der Waals surface area contributed by atoms with Crippen LogP contribution in [0.25, 0.3) is 0 Å². The third-order valence-electron chi connectivity index (χ3n) is 16.8. The van der Waals surface area contributed by atoms with Crippen molar-refractivity contribution in [1.82, 2.24) is 0 Å². The molecule has 0 aliphatic carbocycles. The lowest BCUT2D eigenvalue weighted by atomic mass is 9.76. The van der Waals surface area contributed by atoms with Gasteiger partial charge in [0.1, 0.15) is 137 Å². The molecule has 0 unspecified atom stereocenters. The maximum Gasteiger partial charge on any atom is 0.229 e. The molecule has 18 atom stereocenters. The Kier molecular flexibility index (Phi) is 19.8. The number of phenols is 7. The summed E-state index contributed by atoms with van der Waals surface area (Å²) >= 11 is 0. The van der Waals surface area contributed by atoms with Crippen molar-refractivity contribution >= 4 is 5.78 Å². The third kappa shape index (κ3) is 13.2. The van der Waals surface area contributed by atoms with E-state index in [1.54, 1.807) is 24.3 Å². The van der Waals surface area contributed by atoms with Gasteiger partial charge in [-0.2, -0.15) is 0 Å². The van der Waals surface area contributed by atoms with Gasteiger partial charge in [-0.1, -0.05) is 42.5 Å². The molecule has 6 aromatic carbocycles. The first kappa shape index (κ1) is 65.2. The van der Waals surface area contributed by atoms with Crippen LogP contribution < -0.4 is 18.9 Å². The number of carbonyl (C=O) groups is 1. The van der Waals surface area contributed by atoms with Gasteiger partial charge in [-0.3, -0.25) is 4.79 Å². The molecule has 27 heteroatoms. The van der Waals surface area contributed by atoms with Crippen molar-refractivity contribution in [3.63, 3.8) is 0 Å². The van der Waals surface area contributed by atoms with Gasteiger partial charge in [0, 0.05) is 46.2 Å². The van der Waals surface area contributed by atoms with E-state index in [0.29, 0.717) is 11.1 Å². The second-order valence-corrected chi connectivity index (χ2v) is 22.6. The Balaban J connectivity index is 1.19. The molecule has 0 aromatic heterocycles. The van der Waals surface area contributed by atoms with Crippen LogP contribution in [0.5, 0.6) is 63.2 Å². The first-order chi connectivity index (χ1) is 43.0. The van der Waals surface area contributed by atoms with Crippen LogP contribution in [-0.4, -0.2) is 215 Å². The first-order valence-electron chi connectivity index (χ1n) is 28.8. The third-order valence-corrected chi connectivity index (χ3v) is 16.8. The summed E-state index contributed by atoms with van der Waals surface area (Å²) in [4.78, 5) is 15.4. The largest absolute Gasteiger partial charge is 0.508 e. The van der Waals surface area contributed by atoms with Gasteiger partial charge >= 0.3 is 0 Å². The number of rotatable bonds is 20. The van der Waals surface area contributed by atoms with Crippen LogP contribution in [0, 0.1) is 0 Å². The zero-order valence-corrected chi connectivity index (χ0v) is 47.6. The zero-order chi connectivity index (χ0) is 64.6. The fraction of sp³-hybridized carbons (Fsp3) is 0.413. The second-order valence-electron chi connectivity index (χ2n) is 22.6. The molecule has 0 radical (unpaired) electrons. The molecular formula is C63H70O27. The number of hydrogen-bond acceptors (Lipinski definition) is 27. The highest BCUT2D eigenvalue weighted by Crippen LogP contribution is 2.58. The molecule has 4 aliphatic rings. The zero-order valence-electron chi connectivity index (χ0n) is 47.6. The van der Waals surface area contributed by atoms with Crippen molar-refractivity contribution in [1.29, 1.82) is 0 Å². The first-order valence-corrected chi connectivity index (χ1v) is 28.8. The molecule has 4 aliphatic heterocycles. The molecule has 10 rings (SSSR count). The number of hydrogen-bond donors (Lipinski definition) is 19. The Bertz CT molecular complexity index is 3470. The van der Waals surface area contributed by atoms with Crippen LogP contribution in [0.3, 0.4) is 0 Å². The standard InChI is InChI=1S/C63H70O27/c64-23-43-49(73)54(78)57(81)61(88-43)85-40-20-31(69)12-16-33(40)35(14-5-26-1-8-29(67)9-2-26)46-52(76)47(36(15-6-27-3-10-30(68)11-4-27)34-17-13-32(70)21-41(34)86-62-58(82)55(79)50(74)44(24-65)89-62)60-48(53(46)77)38(72)22-39(84-60)28-7-18-37(71)42(19-28)87-63-59(83)56(80)51(75)45(25-66)90-63/h1-4,7-13,16-21,35-36,39,43-45,49-51,54-59,61-71,73-83H,5-6,14-15,22-25H2/t35-,36+,39+,43-,44-,45-,49-,50-,51-,54+,55+,56+,57-,58-,59-,61-,62-,63-/m1/s1. The van der Waals surface area contributed by atoms with E-state index in [0.717, 1.165) is 18.2 Å². The normalized spacial score (nSPS) is 29.1. The van der Waals surface area contributed by atoms with E-state index >= 15 is 4.79 Å². The van der Waals surface area contributed by atoms with Crippen molar-refractivity contribution < 1.29 is 135 Å². The SMILES string of the molecule is O=C1C[C@@H](c2ccc(O)c(O[C@@H]3O[C@H](CO)[C@@H](O)[C@H](O)[C@H]3O)c2)Oc2c1c(O)c([C@H](CCc1ccc(O)cc1)c1ccc(O)cc1O[C@@H]1O[C@H](CO)[C@@H](O)[C@H](O)[C@H]1O)c(O)c2[C@@H](CCc1ccc(O)cc1)c1ccc(O)cc1O[C@@H]1O[C@H](CO)[C@@H](O)[C@H](O)[C@H]1O. The van der Waals surface area contributed by atoms with Crippen molar-refractivity contribution in [3.05, 3.63) is 148 Å². The Morgan fingerprint density at radius 1 is 0.433 bits per heavy atom. The number of aryl methyl sites for hydroxylation is 2. The lowest BCUT2D eigenvalue weighted by Crippen LogP contribution is -2.60. The number of phenolic OH excluding ortho intramolecular Hbond substituents is 7. The van der Waals surface area contributed by atoms with E-state index in [1.165, 1.54) is 60.7 Å². The number of benzene rings is 6. The summed E-state index contributed by atoms with van der Waals surface area (Å²) in [6.07, 6.45) is -29.2. The molecule has 0 saturated carbocycles. The number of carbonyl (C=O) groups excluding carboxylic acids is 1. The molecule has 90 heavy (non-hydrogen) atoms. The summed E-state index contributed by atoms with van der Waals surface area (Å²) in [5.74, 6) is -8.40. The maximum absolute atomic E-state index is 15.4. The van der Waals surface area contributed by atoms with E-state index < -0.39 is 193 Å². The van der Waals surface area contributed by atoms with E-state index in [9.17, 15) is 97.0 Å². The van der Waals surface area contributed by atoms with Gasteiger partial charge in [-0.25, -0.2) is 0 Å². The maximum atomic E-state index is 15.4. The molecule has 3 fully saturated rings. The van der Waals surface area contributed by atoms with E-state index in [4.69, 9.17) is 33.2 Å². The summed E-state index contributed by atoms with van der Waals surface area (Å²) in [5, 5.41) is 208. The molecule has 0 bridgehead atoms. The Morgan fingerprint density at radius 3 is 1.26 bits per heavy atom. The highest BCUT2D eigenvalue weighted by atomic mass is 16.7. The molecule has 3 saturated heterocycles. The average Bonchev–Trinajstić information content (AvgIpc) is 0.740. The smallest absolute Gasteiger partial charge is 0.229 e. The number of aliphatic hydroxyl groups is 12. The van der Waals surface area contributed by atoms with Crippen molar-refractivity contribution in [2.24, 2.45) is 0 Å². The summed E-state index contributed by atoms with van der Waals surface area (Å²) in [7, 11) is 0. The summed E-state index contributed by atoms with van der Waals surface area (Å²) < 4.78 is 42.2. The Morgan fingerprint density at radius 2 is 0.833 bits per heavy atom. The molecule has 27 nitrogen and oxygen atoms in total. The minimum absolute atomic E-state index is 0.00929. The van der Waals surface area contributed by atoms with Crippen LogP contribution in [0.15, 0.2) is 103 Å².